The van der Waals surface area contributed by atoms with E-state index in [2.05, 4.69) is 5.10 Å². The first-order chi connectivity index (χ1) is 8.93. The van der Waals surface area contributed by atoms with E-state index in [0.29, 0.717) is 12.0 Å². The van der Waals surface area contributed by atoms with Crippen molar-refractivity contribution in [3.05, 3.63) is 44.1 Å². The van der Waals surface area contributed by atoms with Crippen molar-refractivity contribution in [3.63, 3.8) is 0 Å². The van der Waals surface area contributed by atoms with E-state index in [1.54, 1.807) is 22.9 Å². The number of rotatable bonds is 3. The number of aromatic hydroxyl groups is 1. The van der Waals surface area contributed by atoms with Crippen LogP contribution in [-0.2, 0) is 20.0 Å². The topological polar surface area (TPSA) is 92.9 Å². The van der Waals surface area contributed by atoms with Crippen LogP contribution in [0.2, 0.25) is 0 Å². The molecule has 2 N–H and O–H groups in total. The van der Waals surface area contributed by atoms with E-state index < -0.39 is 22.9 Å². The van der Waals surface area contributed by atoms with Crippen molar-refractivity contribution >= 4 is 0 Å². The van der Waals surface area contributed by atoms with Gasteiger partial charge in [-0.3, -0.25) is 19.0 Å². The summed E-state index contributed by atoms with van der Waals surface area (Å²) in [5, 5.41) is 13.7. The minimum Gasteiger partial charge on any atom is -0.492 e. The van der Waals surface area contributed by atoms with E-state index in [0.717, 1.165) is 10.3 Å². The fraction of sp³-hybridized carbons (Fsp3) is 0.364. The molecule has 0 fully saturated rings. The molecule has 0 aromatic carbocycles. The Balaban J connectivity index is 2.52. The predicted octanol–water partition coefficient (Wildman–Crippen LogP) is -0.275. The molecule has 0 aliphatic carbocycles. The quantitative estimate of drug-likeness (QED) is 0.801. The van der Waals surface area contributed by atoms with Crippen LogP contribution in [0, 0.1) is 5.82 Å². The first-order valence-corrected chi connectivity index (χ1v) is 5.67. The average Bonchev–Trinajstić information content (AvgIpc) is 2.72. The molecule has 2 aromatic rings. The molecule has 0 radical (unpaired) electrons. The molecule has 0 aliphatic rings. The predicted molar refractivity (Wildman–Crippen MR) is 64.6 cm³/mol. The Hall–Kier alpha value is -2.38. The van der Waals surface area contributed by atoms with E-state index >= 15 is 0 Å². The molecule has 19 heavy (non-hydrogen) atoms. The summed E-state index contributed by atoms with van der Waals surface area (Å²) >= 11 is 0. The van der Waals surface area contributed by atoms with Gasteiger partial charge in [0.1, 0.15) is 0 Å². The molecule has 0 bridgehead atoms. The fourth-order valence-electron chi connectivity index (χ4n) is 1.87. The van der Waals surface area contributed by atoms with Crippen LogP contribution in [0.15, 0.2) is 15.8 Å². The Morgan fingerprint density at radius 1 is 1.47 bits per heavy atom. The maximum absolute atomic E-state index is 13.3. The van der Waals surface area contributed by atoms with Gasteiger partial charge in [0.2, 0.25) is 11.7 Å². The van der Waals surface area contributed by atoms with Crippen LogP contribution in [0.3, 0.4) is 0 Å². The van der Waals surface area contributed by atoms with Crippen LogP contribution in [0.1, 0.15) is 18.2 Å². The van der Waals surface area contributed by atoms with E-state index in [-0.39, 0.29) is 6.54 Å². The third-order valence-corrected chi connectivity index (χ3v) is 2.77. The van der Waals surface area contributed by atoms with E-state index in [9.17, 15) is 19.1 Å². The Kier molecular flexibility index (Phi) is 3.24. The van der Waals surface area contributed by atoms with Crippen molar-refractivity contribution in [3.8, 4) is 5.88 Å². The Labute approximate surface area is 106 Å². The molecule has 2 rings (SSSR count). The van der Waals surface area contributed by atoms with E-state index in [4.69, 9.17) is 0 Å². The second kappa shape index (κ2) is 4.71. The highest BCUT2D eigenvalue weighted by Gasteiger charge is 2.16. The minimum absolute atomic E-state index is 0.0601. The SMILES string of the molecule is CCc1nn(C)cc1Cn1c(O)c(F)c(=O)[nH]c1=O. The van der Waals surface area contributed by atoms with Gasteiger partial charge >= 0.3 is 5.69 Å². The summed E-state index contributed by atoms with van der Waals surface area (Å²) < 4.78 is 15.6. The summed E-state index contributed by atoms with van der Waals surface area (Å²) in [6.45, 7) is 1.83. The Morgan fingerprint density at radius 2 is 2.16 bits per heavy atom. The standard InChI is InChI=1S/C11H13FN4O3/c1-3-7-6(4-15(2)14-7)5-16-10(18)8(12)9(17)13-11(16)19/h4,18H,3,5H2,1-2H3,(H,13,17,19). The highest BCUT2D eigenvalue weighted by molar-refractivity contribution is 5.20. The molecule has 7 nitrogen and oxygen atoms in total. The molecule has 0 atom stereocenters. The number of halogens is 1. The number of aromatic nitrogens is 4. The summed E-state index contributed by atoms with van der Waals surface area (Å²) in [5.74, 6) is -2.35. The van der Waals surface area contributed by atoms with Crippen molar-refractivity contribution in [2.75, 3.05) is 0 Å². The fourth-order valence-corrected chi connectivity index (χ4v) is 1.87. The van der Waals surface area contributed by atoms with Gasteiger partial charge in [-0.05, 0) is 6.42 Å². The lowest BCUT2D eigenvalue weighted by molar-refractivity contribution is 0.367. The maximum atomic E-state index is 13.3. The van der Waals surface area contributed by atoms with E-state index in [1.807, 2.05) is 6.92 Å². The highest BCUT2D eigenvalue weighted by atomic mass is 19.1. The Bertz CT molecular complexity index is 729. The third-order valence-electron chi connectivity index (χ3n) is 2.77. The zero-order chi connectivity index (χ0) is 14.2. The number of aryl methyl sites for hydroxylation is 2. The number of hydrogen-bond donors (Lipinski definition) is 2. The monoisotopic (exact) mass is 268 g/mol. The number of hydrogen-bond acceptors (Lipinski definition) is 4. The normalized spacial score (nSPS) is 10.9. The molecule has 0 saturated heterocycles. The molecule has 0 amide bonds. The molecule has 102 valence electrons. The van der Waals surface area contributed by atoms with Crippen molar-refractivity contribution in [1.29, 1.82) is 0 Å². The number of aromatic amines is 1. The summed E-state index contributed by atoms with van der Waals surface area (Å²) in [5.41, 5.74) is -0.690. The minimum atomic E-state index is -1.37. The number of nitrogens with zero attached hydrogens (tertiary/aromatic N) is 3. The lowest BCUT2D eigenvalue weighted by Crippen LogP contribution is -2.32. The number of H-pyrrole nitrogens is 1. The zero-order valence-electron chi connectivity index (χ0n) is 10.5. The van der Waals surface area contributed by atoms with Crippen molar-refractivity contribution in [2.45, 2.75) is 19.9 Å². The summed E-state index contributed by atoms with van der Waals surface area (Å²) in [7, 11) is 1.72. The van der Waals surface area contributed by atoms with Crippen LogP contribution in [0.4, 0.5) is 4.39 Å². The van der Waals surface area contributed by atoms with Gasteiger partial charge in [-0.1, -0.05) is 6.92 Å². The third kappa shape index (κ3) is 2.28. The molecule has 0 aliphatic heterocycles. The summed E-state index contributed by atoms with van der Waals surface area (Å²) in [6.07, 6.45) is 2.31. The largest absolute Gasteiger partial charge is 0.492 e. The smallest absolute Gasteiger partial charge is 0.331 e. The van der Waals surface area contributed by atoms with Crippen LogP contribution in [0.5, 0.6) is 5.88 Å². The van der Waals surface area contributed by atoms with Gasteiger partial charge in [-0.2, -0.15) is 9.49 Å². The molecule has 2 aromatic heterocycles. The van der Waals surface area contributed by atoms with Crippen LogP contribution in [0.25, 0.3) is 0 Å². The maximum Gasteiger partial charge on any atom is 0.331 e. The molecule has 8 heteroatoms. The van der Waals surface area contributed by atoms with Gasteiger partial charge in [0, 0.05) is 18.8 Å². The molecule has 0 unspecified atom stereocenters. The van der Waals surface area contributed by atoms with Gasteiger partial charge in [-0.25, -0.2) is 4.79 Å². The van der Waals surface area contributed by atoms with Crippen molar-refractivity contribution in [1.82, 2.24) is 19.3 Å². The molecule has 0 saturated carbocycles. The lowest BCUT2D eigenvalue weighted by Gasteiger charge is -2.07. The van der Waals surface area contributed by atoms with Gasteiger partial charge in [-0.15, -0.1) is 0 Å². The highest BCUT2D eigenvalue weighted by Crippen LogP contribution is 2.13. The van der Waals surface area contributed by atoms with Crippen LogP contribution < -0.4 is 11.2 Å². The first-order valence-electron chi connectivity index (χ1n) is 5.67. The van der Waals surface area contributed by atoms with Crippen LogP contribution >= 0.6 is 0 Å². The Morgan fingerprint density at radius 3 is 2.79 bits per heavy atom. The number of nitrogens with one attached hydrogen (secondary N) is 1. The second-order valence-electron chi connectivity index (χ2n) is 4.11. The van der Waals surface area contributed by atoms with Crippen LogP contribution in [-0.4, -0.2) is 24.4 Å². The molecule has 0 spiro atoms. The van der Waals surface area contributed by atoms with Crippen molar-refractivity contribution in [2.24, 2.45) is 7.05 Å². The van der Waals surface area contributed by atoms with Gasteiger partial charge in [0.15, 0.2) is 0 Å². The van der Waals surface area contributed by atoms with Gasteiger partial charge < -0.3 is 5.11 Å². The second-order valence-corrected chi connectivity index (χ2v) is 4.11. The molecule has 2 heterocycles. The first kappa shape index (κ1) is 13.1. The summed E-state index contributed by atoms with van der Waals surface area (Å²) in [6, 6.07) is 0. The van der Waals surface area contributed by atoms with Gasteiger partial charge in [0.05, 0.1) is 12.2 Å². The van der Waals surface area contributed by atoms with E-state index in [1.165, 1.54) is 0 Å². The lowest BCUT2D eigenvalue weighted by atomic mass is 10.2. The van der Waals surface area contributed by atoms with Crippen molar-refractivity contribution < 1.29 is 9.50 Å². The van der Waals surface area contributed by atoms with Gasteiger partial charge in [0.25, 0.3) is 5.56 Å². The summed E-state index contributed by atoms with van der Waals surface area (Å²) in [4.78, 5) is 24.4. The molecular formula is C11H13FN4O3. The molecular weight excluding hydrogens is 255 g/mol. The zero-order valence-corrected chi connectivity index (χ0v) is 10.5. The average molecular weight is 268 g/mol.